The number of fused-ring (bicyclic) bond motifs is 2. The summed E-state index contributed by atoms with van der Waals surface area (Å²) in [6.45, 7) is 15.4. The Morgan fingerprint density at radius 1 is 1.12 bits per heavy atom. The van der Waals surface area contributed by atoms with Crippen LogP contribution in [0.1, 0.15) is 60.5 Å². The fourth-order valence-corrected chi connectivity index (χ4v) is 6.65. The van der Waals surface area contributed by atoms with Crippen LogP contribution in [0.3, 0.4) is 0 Å². The SMILES string of the molecule is C=CC(=O)N1CCN(c2cnc(-c3ccccc3C(C)C)c3c2CN[C@H](c2c(C)ccc4[nH]ncc24)C3)C(C)C1. The summed E-state index contributed by atoms with van der Waals surface area (Å²) < 4.78 is 0. The van der Waals surface area contributed by atoms with Crippen LogP contribution in [0.5, 0.6) is 0 Å². The number of carbonyl (C=O) groups is 1. The van der Waals surface area contributed by atoms with Crippen LogP contribution < -0.4 is 10.2 Å². The van der Waals surface area contributed by atoms with E-state index >= 15 is 0 Å². The van der Waals surface area contributed by atoms with Crippen LogP contribution in [0.2, 0.25) is 0 Å². The molecule has 1 saturated heterocycles. The van der Waals surface area contributed by atoms with Gasteiger partial charge in [-0.25, -0.2) is 0 Å². The number of nitrogens with one attached hydrogen (secondary N) is 2. The molecular formula is C33H38N6O. The predicted molar refractivity (Wildman–Crippen MR) is 161 cm³/mol. The van der Waals surface area contributed by atoms with Gasteiger partial charge in [0.1, 0.15) is 0 Å². The molecule has 2 aliphatic heterocycles. The number of hydrogen-bond donors (Lipinski definition) is 2. The van der Waals surface area contributed by atoms with Crippen LogP contribution >= 0.6 is 0 Å². The first-order chi connectivity index (χ1) is 19.4. The number of pyridine rings is 1. The molecule has 6 rings (SSSR count). The lowest BCUT2D eigenvalue weighted by atomic mass is 9.84. The Hall–Kier alpha value is -3.97. The van der Waals surface area contributed by atoms with Gasteiger partial charge in [-0.05, 0) is 66.1 Å². The standard InChI is InChI=1S/C33H38N6O/c1-6-31(40)38-13-14-39(22(5)19-38)30-18-35-33(24-10-8-7-9-23(24)20(2)3)25-15-29(34-16-26(25)30)32-21(4)11-12-28-27(32)17-36-37-28/h6-12,17-18,20,22,29,34H,1,13-16,19H2,2-5H3,(H,36,37)/t22?,29-/m0/s1. The van der Waals surface area contributed by atoms with Gasteiger partial charge in [0.2, 0.25) is 5.91 Å². The molecule has 7 heteroatoms. The van der Waals surface area contributed by atoms with Gasteiger partial charge in [-0.3, -0.25) is 14.9 Å². The van der Waals surface area contributed by atoms with Crippen LogP contribution in [-0.2, 0) is 17.8 Å². The number of hydrogen-bond acceptors (Lipinski definition) is 5. The number of amides is 1. The highest BCUT2D eigenvalue weighted by molar-refractivity contribution is 5.87. The molecule has 40 heavy (non-hydrogen) atoms. The van der Waals surface area contributed by atoms with E-state index in [-0.39, 0.29) is 18.0 Å². The third-order valence-corrected chi connectivity index (χ3v) is 8.70. The Kier molecular flexibility index (Phi) is 6.92. The molecule has 2 atom stereocenters. The Balaban J connectivity index is 1.46. The largest absolute Gasteiger partial charge is 0.364 e. The molecule has 4 aromatic rings. The minimum Gasteiger partial charge on any atom is -0.364 e. The Morgan fingerprint density at radius 2 is 1.95 bits per heavy atom. The number of piperazine rings is 1. The topological polar surface area (TPSA) is 77.2 Å². The van der Waals surface area contributed by atoms with Gasteiger partial charge in [0.15, 0.2) is 0 Å². The van der Waals surface area contributed by atoms with E-state index in [4.69, 9.17) is 4.98 Å². The Labute approximate surface area is 236 Å². The van der Waals surface area contributed by atoms with E-state index in [0.717, 1.165) is 30.7 Å². The lowest BCUT2D eigenvalue weighted by Crippen LogP contribution is -2.54. The van der Waals surface area contributed by atoms with Crippen LogP contribution in [0.15, 0.2) is 61.4 Å². The molecule has 206 valence electrons. The molecule has 2 aromatic heterocycles. The summed E-state index contributed by atoms with van der Waals surface area (Å²) in [5.41, 5.74) is 11.0. The highest BCUT2D eigenvalue weighted by Gasteiger charge is 2.33. The van der Waals surface area contributed by atoms with Crippen molar-refractivity contribution in [2.24, 2.45) is 0 Å². The second-order valence-electron chi connectivity index (χ2n) is 11.5. The fourth-order valence-electron chi connectivity index (χ4n) is 6.65. The van der Waals surface area contributed by atoms with Crippen LogP contribution in [0, 0.1) is 6.92 Å². The molecule has 0 radical (unpaired) electrons. The quantitative estimate of drug-likeness (QED) is 0.323. The van der Waals surface area contributed by atoms with Gasteiger partial charge < -0.3 is 15.1 Å². The van der Waals surface area contributed by atoms with Crippen LogP contribution in [0.4, 0.5) is 5.69 Å². The third kappa shape index (κ3) is 4.48. The summed E-state index contributed by atoms with van der Waals surface area (Å²) in [6, 6.07) is 13.3. The average molecular weight is 535 g/mol. The minimum absolute atomic E-state index is 0.000551. The summed E-state index contributed by atoms with van der Waals surface area (Å²) in [4.78, 5) is 21.8. The van der Waals surface area contributed by atoms with E-state index in [0.29, 0.717) is 19.0 Å². The van der Waals surface area contributed by atoms with E-state index < -0.39 is 0 Å². The molecule has 1 unspecified atom stereocenters. The van der Waals surface area contributed by atoms with Crippen molar-refractivity contribution in [3.63, 3.8) is 0 Å². The maximum Gasteiger partial charge on any atom is 0.246 e. The number of aromatic amines is 1. The molecule has 2 aromatic carbocycles. The molecular weight excluding hydrogens is 496 g/mol. The molecule has 0 saturated carbocycles. The minimum atomic E-state index is 0.000551. The normalized spacial score (nSPS) is 19.2. The summed E-state index contributed by atoms with van der Waals surface area (Å²) in [6.07, 6.45) is 6.27. The van der Waals surface area contributed by atoms with Gasteiger partial charge in [0.25, 0.3) is 0 Å². The Morgan fingerprint density at radius 3 is 2.73 bits per heavy atom. The van der Waals surface area contributed by atoms with Crippen molar-refractivity contribution in [1.82, 2.24) is 25.4 Å². The number of aryl methyl sites for hydroxylation is 1. The monoisotopic (exact) mass is 534 g/mol. The zero-order valence-corrected chi connectivity index (χ0v) is 23.9. The number of nitrogens with zero attached hydrogens (tertiary/aromatic N) is 4. The van der Waals surface area contributed by atoms with Gasteiger partial charge in [0.05, 0.1) is 29.3 Å². The van der Waals surface area contributed by atoms with Crippen molar-refractivity contribution in [2.75, 3.05) is 24.5 Å². The number of benzene rings is 2. The highest BCUT2D eigenvalue weighted by Crippen LogP contribution is 2.41. The number of anilines is 1. The average Bonchev–Trinajstić information content (AvgIpc) is 3.45. The second kappa shape index (κ2) is 10.5. The van der Waals surface area contributed by atoms with Gasteiger partial charge in [0, 0.05) is 49.2 Å². The van der Waals surface area contributed by atoms with Crippen LogP contribution in [-0.4, -0.2) is 51.7 Å². The first kappa shape index (κ1) is 26.3. The van der Waals surface area contributed by atoms with Crippen molar-refractivity contribution in [2.45, 2.75) is 58.7 Å². The van der Waals surface area contributed by atoms with Crippen LogP contribution in [0.25, 0.3) is 22.2 Å². The van der Waals surface area contributed by atoms with Gasteiger partial charge in [-0.15, -0.1) is 0 Å². The lowest BCUT2D eigenvalue weighted by molar-refractivity contribution is -0.126. The lowest BCUT2D eigenvalue weighted by Gasteiger charge is -2.43. The number of H-pyrrole nitrogens is 1. The molecule has 2 N–H and O–H groups in total. The maximum absolute atomic E-state index is 12.3. The van der Waals surface area contributed by atoms with E-state index in [1.54, 1.807) is 0 Å². The first-order valence-corrected chi connectivity index (χ1v) is 14.3. The van der Waals surface area contributed by atoms with Crippen molar-refractivity contribution < 1.29 is 4.79 Å². The summed E-state index contributed by atoms with van der Waals surface area (Å²) in [7, 11) is 0. The molecule has 4 heterocycles. The molecule has 0 spiro atoms. The number of rotatable bonds is 5. The smallest absolute Gasteiger partial charge is 0.246 e. The first-order valence-electron chi connectivity index (χ1n) is 14.3. The third-order valence-electron chi connectivity index (χ3n) is 8.70. The van der Waals surface area contributed by atoms with Gasteiger partial charge >= 0.3 is 0 Å². The highest BCUT2D eigenvalue weighted by atomic mass is 16.2. The van der Waals surface area contributed by atoms with E-state index in [1.165, 1.54) is 50.5 Å². The Bertz CT molecular complexity index is 1590. The zero-order chi connectivity index (χ0) is 28.0. The van der Waals surface area contributed by atoms with Gasteiger partial charge in [-0.1, -0.05) is 50.8 Å². The molecule has 1 amide bonds. The fraction of sp³-hybridized carbons (Fsp3) is 0.364. The second-order valence-corrected chi connectivity index (χ2v) is 11.5. The molecule has 1 fully saturated rings. The number of carbonyl (C=O) groups excluding carboxylic acids is 1. The maximum atomic E-state index is 12.3. The van der Waals surface area contributed by atoms with Crippen molar-refractivity contribution in [3.05, 3.63) is 89.3 Å². The van der Waals surface area contributed by atoms with E-state index in [1.807, 2.05) is 11.1 Å². The van der Waals surface area contributed by atoms with Crippen molar-refractivity contribution in [1.29, 1.82) is 0 Å². The molecule has 0 bridgehead atoms. The molecule has 7 nitrogen and oxygen atoms in total. The summed E-state index contributed by atoms with van der Waals surface area (Å²) >= 11 is 0. The zero-order valence-electron chi connectivity index (χ0n) is 23.9. The number of aromatic nitrogens is 3. The van der Waals surface area contributed by atoms with E-state index in [9.17, 15) is 4.79 Å². The molecule has 2 aliphatic rings. The van der Waals surface area contributed by atoms with E-state index in [2.05, 4.69) is 97.3 Å². The van der Waals surface area contributed by atoms with Gasteiger partial charge in [-0.2, -0.15) is 5.10 Å². The summed E-state index contributed by atoms with van der Waals surface area (Å²) in [5.74, 6) is 0.392. The summed E-state index contributed by atoms with van der Waals surface area (Å²) in [5, 5.41) is 12.5. The van der Waals surface area contributed by atoms with Crippen molar-refractivity contribution >= 4 is 22.5 Å². The van der Waals surface area contributed by atoms with Crippen molar-refractivity contribution in [3.8, 4) is 11.3 Å². The predicted octanol–water partition coefficient (Wildman–Crippen LogP) is 5.67. The molecule has 0 aliphatic carbocycles.